The molecule has 0 unspecified atom stereocenters. The number of rotatable bonds is 0. The third-order valence-electron chi connectivity index (χ3n) is 3.29. The van der Waals surface area contributed by atoms with Crippen LogP contribution >= 0.6 is 0 Å². The molecular formula is C13H12N2O3. The zero-order chi connectivity index (χ0) is 13.1. The van der Waals surface area contributed by atoms with Gasteiger partial charge in [-0.1, -0.05) is 0 Å². The first-order valence-electron chi connectivity index (χ1n) is 5.59. The predicted molar refractivity (Wildman–Crippen MR) is 67.4 cm³/mol. The third-order valence-corrected chi connectivity index (χ3v) is 3.29. The minimum absolute atomic E-state index is 0.301. The zero-order valence-corrected chi connectivity index (χ0v) is 10.0. The fourth-order valence-corrected chi connectivity index (χ4v) is 2.45. The maximum Gasteiger partial charge on any atom is 0.340 e. The van der Waals surface area contributed by atoms with Crippen molar-refractivity contribution in [2.24, 2.45) is 0 Å². The van der Waals surface area contributed by atoms with E-state index in [4.69, 9.17) is 10.5 Å². The summed E-state index contributed by atoms with van der Waals surface area (Å²) in [4.78, 5) is 26.3. The molecule has 0 fully saturated rings. The quantitative estimate of drug-likeness (QED) is 0.543. The van der Waals surface area contributed by atoms with Gasteiger partial charge < -0.3 is 15.5 Å². The molecule has 1 aliphatic rings. The molecule has 18 heavy (non-hydrogen) atoms. The second kappa shape index (κ2) is 3.13. The lowest BCUT2D eigenvalue weighted by Gasteiger charge is -2.18. The van der Waals surface area contributed by atoms with Crippen molar-refractivity contribution >= 4 is 22.4 Å². The second-order valence-electron chi connectivity index (χ2n) is 4.88. The normalized spacial score (nSPS) is 16.7. The minimum Gasteiger partial charge on any atom is -0.451 e. The fourth-order valence-electron chi connectivity index (χ4n) is 2.45. The van der Waals surface area contributed by atoms with Crippen LogP contribution in [0.5, 0.6) is 0 Å². The largest absolute Gasteiger partial charge is 0.451 e. The number of ether oxygens (including phenoxy) is 1. The number of H-pyrrole nitrogens is 1. The molecule has 2 heterocycles. The van der Waals surface area contributed by atoms with Gasteiger partial charge in [-0.25, -0.2) is 4.79 Å². The average molecular weight is 244 g/mol. The van der Waals surface area contributed by atoms with E-state index < -0.39 is 11.6 Å². The van der Waals surface area contributed by atoms with Crippen LogP contribution in [0, 0.1) is 0 Å². The summed E-state index contributed by atoms with van der Waals surface area (Å²) in [6.45, 7) is 3.60. The van der Waals surface area contributed by atoms with Gasteiger partial charge in [0, 0.05) is 22.8 Å². The van der Waals surface area contributed by atoms with Crippen molar-refractivity contribution in [3.05, 3.63) is 39.8 Å². The van der Waals surface area contributed by atoms with Crippen LogP contribution in [-0.2, 0) is 10.3 Å². The van der Waals surface area contributed by atoms with E-state index >= 15 is 0 Å². The molecule has 1 aromatic heterocycles. The van der Waals surface area contributed by atoms with Crippen molar-refractivity contribution in [1.29, 1.82) is 0 Å². The minimum atomic E-state index is -0.711. The number of esters is 1. The summed E-state index contributed by atoms with van der Waals surface area (Å²) in [6.07, 6.45) is 1.50. The Balaban J connectivity index is 2.56. The molecule has 3 rings (SSSR count). The molecule has 0 bridgehead atoms. The summed E-state index contributed by atoms with van der Waals surface area (Å²) in [7, 11) is 0. The first kappa shape index (κ1) is 10.8. The number of nitrogens with one attached hydrogen (secondary N) is 1. The highest BCUT2D eigenvalue weighted by molar-refractivity contribution is 6.11. The van der Waals surface area contributed by atoms with Gasteiger partial charge >= 0.3 is 5.97 Å². The van der Waals surface area contributed by atoms with Gasteiger partial charge in [-0.3, -0.25) is 4.79 Å². The monoisotopic (exact) mass is 244 g/mol. The van der Waals surface area contributed by atoms with Gasteiger partial charge in [0.05, 0.1) is 10.9 Å². The summed E-state index contributed by atoms with van der Waals surface area (Å²) < 4.78 is 5.32. The maximum absolute atomic E-state index is 11.9. The van der Waals surface area contributed by atoms with Crippen LogP contribution in [0.2, 0.25) is 0 Å². The molecule has 1 aromatic carbocycles. The lowest BCUT2D eigenvalue weighted by molar-refractivity contribution is 0.00962. The lowest BCUT2D eigenvalue weighted by Crippen LogP contribution is -2.16. The Morgan fingerprint density at radius 3 is 2.78 bits per heavy atom. The Labute approximate surface area is 103 Å². The van der Waals surface area contributed by atoms with E-state index in [1.54, 1.807) is 26.0 Å². The Morgan fingerprint density at radius 1 is 1.33 bits per heavy atom. The third kappa shape index (κ3) is 1.21. The molecule has 0 amide bonds. The number of aromatic nitrogens is 1. The maximum atomic E-state index is 11.9. The summed E-state index contributed by atoms with van der Waals surface area (Å²) >= 11 is 0. The lowest BCUT2D eigenvalue weighted by atomic mass is 9.91. The number of nitrogen functional groups attached to an aromatic ring is 1. The number of nitrogens with two attached hydrogens (primary N) is 1. The number of hydrogen-bond donors (Lipinski definition) is 2. The zero-order valence-electron chi connectivity index (χ0n) is 10.0. The molecule has 0 saturated heterocycles. The highest BCUT2D eigenvalue weighted by Crippen LogP contribution is 2.40. The number of aromatic amines is 1. The Kier molecular flexibility index (Phi) is 1.88. The van der Waals surface area contributed by atoms with Gasteiger partial charge in [-0.15, -0.1) is 0 Å². The SMILES string of the molecule is CC1(C)OC(=O)c2c1cc(N)c1c(=O)[nH]ccc21. The van der Waals surface area contributed by atoms with Crippen LogP contribution in [0.15, 0.2) is 23.1 Å². The van der Waals surface area contributed by atoms with E-state index in [9.17, 15) is 9.59 Å². The molecule has 0 radical (unpaired) electrons. The van der Waals surface area contributed by atoms with Crippen molar-refractivity contribution in [1.82, 2.24) is 4.98 Å². The van der Waals surface area contributed by atoms with Gasteiger partial charge in [-0.05, 0) is 26.0 Å². The Hall–Kier alpha value is -2.30. The smallest absolute Gasteiger partial charge is 0.340 e. The Morgan fingerprint density at radius 2 is 2.06 bits per heavy atom. The van der Waals surface area contributed by atoms with Crippen LogP contribution < -0.4 is 11.3 Å². The Bertz CT molecular complexity index is 744. The first-order chi connectivity index (χ1) is 8.42. The van der Waals surface area contributed by atoms with Crippen molar-refractivity contribution < 1.29 is 9.53 Å². The number of pyridine rings is 1. The van der Waals surface area contributed by atoms with Gasteiger partial charge in [0.25, 0.3) is 5.56 Å². The van der Waals surface area contributed by atoms with Crippen LogP contribution in [-0.4, -0.2) is 11.0 Å². The van der Waals surface area contributed by atoms with Crippen molar-refractivity contribution in [2.75, 3.05) is 5.73 Å². The van der Waals surface area contributed by atoms with Gasteiger partial charge in [0.1, 0.15) is 5.60 Å². The van der Waals surface area contributed by atoms with E-state index in [1.165, 1.54) is 6.20 Å². The van der Waals surface area contributed by atoms with Crippen molar-refractivity contribution in [3.63, 3.8) is 0 Å². The molecule has 0 saturated carbocycles. The summed E-state index contributed by atoms with van der Waals surface area (Å²) in [5.74, 6) is -0.411. The van der Waals surface area contributed by atoms with E-state index in [1.807, 2.05) is 0 Å². The predicted octanol–water partition coefficient (Wildman–Crippen LogP) is 1.52. The second-order valence-corrected chi connectivity index (χ2v) is 4.88. The number of benzene rings is 1. The van der Waals surface area contributed by atoms with Gasteiger partial charge in [0.15, 0.2) is 0 Å². The highest BCUT2D eigenvalue weighted by Gasteiger charge is 2.39. The van der Waals surface area contributed by atoms with Crippen LogP contribution in [0.25, 0.3) is 10.8 Å². The van der Waals surface area contributed by atoms with Crippen LogP contribution in [0.1, 0.15) is 29.8 Å². The molecule has 0 atom stereocenters. The van der Waals surface area contributed by atoms with Gasteiger partial charge in [0.2, 0.25) is 0 Å². The molecule has 1 aliphatic heterocycles. The molecule has 0 spiro atoms. The van der Waals surface area contributed by atoms with E-state index in [-0.39, 0.29) is 5.56 Å². The summed E-state index contributed by atoms with van der Waals surface area (Å²) in [5, 5.41) is 0.884. The molecule has 92 valence electrons. The number of fused-ring (bicyclic) bond motifs is 3. The summed E-state index contributed by atoms with van der Waals surface area (Å²) in [6, 6.07) is 3.33. The van der Waals surface area contributed by atoms with Crippen molar-refractivity contribution in [3.8, 4) is 0 Å². The van der Waals surface area contributed by atoms with Crippen LogP contribution in [0.3, 0.4) is 0 Å². The van der Waals surface area contributed by atoms with Crippen LogP contribution in [0.4, 0.5) is 5.69 Å². The fraction of sp³-hybridized carbons (Fsp3) is 0.231. The first-order valence-corrected chi connectivity index (χ1v) is 5.59. The van der Waals surface area contributed by atoms with Gasteiger partial charge in [-0.2, -0.15) is 0 Å². The molecule has 5 heteroatoms. The molecule has 2 aromatic rings. The molecule has 3 N–H and O–H groups in total. The molecule has 0 aliphatic carbocycles. The number of carbonyl (C=O) groups is 1. The topological polar surface area (TPSA) is 85.2 Å². The number of anilines is 1. The molecule has 5 nitrogen and oxygen atoms in total. The van der Waals surface area contributed by atoms with E-state index in [2.05, 4.69) is 4.98 Å². The van der Waals surface area contributed by atoms with E-state index in [0.29, 0.717) is 22.0 Å². The average Bonchev–Trinajstić information content (AvgIpc) is 2.49. The molecular weight excluding hydrogens is 232 g/mol. The van der Waals surface area contributed by atoms with E-state index in [0.717, 1.165) is 5.56 Å². The number of carbonyl (C=O) groups excluding carboxylic acids is 1. The number of cyclic esters (lactones) is 1. The standard InChI is InChI=1S/C13H12N2O3/c1-13(2)7-5-8(14)10-6(3-4-15-11(10)16)9(7)12(17)18-13/h3-5H,14H2,1-2H3,(H,15,16). The van der Waals surface area contributed by atoms with Crippen molar-refractivity contribution in [2.45, 2.75) is 19.4 Å². The summed E-state index contributed by atoms with van der Waals surface area (Å²) in [5.41, 5.74) is 6.42. The highest BCUT2D eigenvalue weighted by atomic mass is 16.6. The number of hydrogen-bond acceptors (Lipinski definition) is 4.